The Labute approximate surface area is 84.3 Å². The van der Waals surface area contributed by atoms with Crippen LogP contribution in [-0.2, 0) is 6.42 Å². The first-order valence-electron chi connectivity index (χ1n) is 4.08. The summed E-state index contributed by atoms with van der Waals surface area (Å²) in [5.41, 5.74) is 0.560. The lowest BCUT2D eigenvalue weighted by Gasteiger charge is -2.03. The molecule has 4 heteroatoms. The van der Waals surface area contributed by atoms with Crippen molar-refractivity contribution in [1.82, 2.24) is 4.98 Å². The van der Waals surface area contributed by atoms with Crippen molar-refractivity contribution >= 4 is 15.9 Å². The highest BCUT2D eigenvalue weighted by atomic mass is 79.9. The van der Waals surface area contributed by atoms with Crippen molar-refractivity contribution < 1.29 is 8.78 Å². The fourth-order valence-corrected chi connectivity index (χ4v) is 1.57. The molecule has 0 radical (unpaired) electrons. The van der Waals surface area contributed by atoms with Crippen LogP contribution in [0.1, 0.15) is 31.2 Å². The van der Waals surface area contributed by atoms with Crippen LogP contribution in [0.4, 0.5) is 8.78 Å². The molecule has 72 valence electrons. The summed E-state index contributed by atoms with van der Waals surface area (Å²) in [5.74, 6) is 0. The van der Waals surface area contributed by atoms with Crippen LogP contribution in [0.3, 0.4) is 0 Å². The molecule has 0 bridgehead atoms. The molecule has 0 fully saturated rings. The van der Waals surface area contributed by atoms with Gasteiger partial charge in [-0.25, -0.2) is 8.78 Å². The van der Waals surface area contributed by atoms with Crippen LogP contribution in [0.15, 0.2) is 16.6 Å². The van der Waals surface area contributed by atoms with Crippen LogP contribution in [0.25, 0.3) is 0 Å². The normalized spacial score (nSPS) is 10.8. The second-order valence-electron chi connectivity index (χ2n) is 2.75. The fraction of sp³-hybridized carbons (Fsp3) is 0.444. The Morgan fingerprint density at radius 2 is 2.15 bits per heavy atom. The lowest BCUT2D eigenvalue weighted by molar-refractivity contribution is 0.145. The van der Waals surface area contributed by atoms with Gasteiger partial charge in [-0.3, -0.25) is 4.98 Å². The predicted octanol–water partition coefficient (Wildman–Crippen LogP) is 3.73. The van der Waals surface area contributed by atoms with E-state index in [9.17, 15) is 8.78 Å². The van der Waals surface area contributed by atoms with Gasteiger partial charge in [-0.2, -0.15) is 0 Å². The van der Waals surface area contributed by atoms with Crippen LogP contribution >= 0.6 is 15.9 Å². The second kappa shape index (κ2) is 4.65. The molecular weight excluding hydrogens is 240 g/mol. The molecule has 0 aliphatic rings. The topological polar surface area (TPSA) is 12.9 Å². The van der Waals surface area contributed by atoms with E-state index < -0.39 is 6.43 Å². The smallest absolute Gasteiger partial charge is 0.252 e. The highest BCUT2D eigenvalue weighted by Gasteiger charge is 2.10. The summed E-state index contributed by atoms with van der Waals surface area (Å²) >= 11 is 3.18. The van der Waals surface area contributed by atoms with E-state index in [4.69, 9.17) is 0 Å². The van der Waals surface area contributed by atoms with Gasteiger partial charge in [-0.15, -0.1) is 0 Å². The van der Waals surface area contributed by atoms with Crippen LogP contribution in [0.5, 0.6) is 0 Å². The van der Waals surface area contributed by atoms with Crippen LogP contribution < -0.4 is 0 Å². The molecule has 0 amide bonds. The number of aryl methyl sites for hydroxylation is 1. The van der Waals surface area contributed by atoms with Gasteiger partial charge in [0.05, 0.1) is 0 Å². The third-order valence-corrected chi connectivity index (χ3v) is 2.05. The maximum Gasteiger partial charge on any atom is 0.280 e. The molecule has 0 N–H and O–H groups in total. The Morgan fingerprint density at radius 1 is 1.46 bits per heavy atom. The minimum Gasteiger partial charge on any atom is -0.252 e. The molecule has 1 nitrogen and oxygen atoms in total. The molecular formula is C9H10BrF2N. The van der Waals surface area contributed by atoms with Crippen molar-refractivity contribution in [2.24, 2.45) is 0 Å². The van der Waals surface area contributed by atoms with E-state index in [1.54, 1.807) is 6.07 Å². The number of hydrogen-bond acceptors (Lipinski definition) is 1. The summed E-state index contributed by atoms with van der Waals surface area (Å²) in [4.78, 5) is 3.84. The van der Waals surface area contributed by atoms with Gasteiger partial charge in [0.15, 0.2) is 0 Å². The summed E-state index contributed by atoms with van der Waals surface area (Å²) in [6, 6.07) is 3.12. The van der Waals surface area contributed by atoms with Crippen molar-refractivity contribution in [3.63, 3.8) is 0 Å². The third-order valence-electron chi connectivity index (χ3n) is 1.59. The Hall–Kier alpha value is -0.510. The Bertz CT molecular complexity index is 289. The first kappa shape index (κ1) is 10.6. The standard InChI is InChI=1S/C9H10BrF2N/c1-2-3-7-4-6(10)5-8(13-7)9(11)12/h4-5,9H,2-3H2,1H3. The molecule has 0 saturated carbocycles. The molecule has 0 unspecified atom stereocenters. The maximum absolute atomic E-state index is 12.3. The van der Waals surface area contributed by atoms with Crippen LogP contribution in [-0.4, -0.2) is 4.98 Å². The molecule has 1 rings (SSSR count). The van der Waals surface area contributed by atoms with Crippen molar-refractivity contribution in [2.75, 3.05) is 0 Å². The summed E-state index contributed by atoms with van der Waals surface area (Å²) < 4.78 is 25.2. The number of nitrogens with zero attached hydrogens (tertiary/aromatic N) is 1. The minimum atomic E-state index is -2.49. The van der Waals surface area contributed by atoms with Gasteiger partial charge in [0.2, 0.25) is 0 Å². The summed E-state index contributed by atoms with van der Waals surface area (Å²) in [7, 11) is 0. The minimum absolute atomic E-state index is 0.155. The number of alkyl halides is 2. The zero-order valence-corrected chi connectivity index (χ0v) is 8.81. The second-order valence-corrected chi connectivity index (χ2v) is 3.67. The molecule has 1 aromatic heterocycles. The van der Waals surface area contributed by atoms with Crippen LogP contribution in [0, 0.1) is 0 Å². The zero-order valence-electron chi connectivity index (χ0n) is 7.23. The molecule has 0 aromatic carbocycles. The van der Waals surface area contributed by atoms with Crippen molar-refractivity contribution in [3.05, 3.63) is 28.0 Å². The van der Waals surface area contributed by atoms with Crippen LogP contribution in [0.2, 0.25) is 0 Å². The quantitative estimate of drug-likeness (QED) is 0.796. The zero-order chi connectivity index (χ0) is 9.84. The monoisotopic (exact) mass is 249 g/mol. The summed E-state index contributed by atoms with van der Waals surface area (Å²) in [6.07, 6.45) is -0.848. The van der Waals surface area contributed by atoms with Gasteiger partial charge in [0.1, 0.15) is 5.69 Å². The van der Waals surface area contributed by atoms with E-state index >= 15 is 0 Å². The molecule has 0 aliphatic carbocycles. The van der Waals surface area contributed by atoms with E-state index in [0.717, 1.165) is 12.8 Å². The number of halogens is 3. The number of hydrogen-bond donors (Lipinski definition) is 0. The molecule has 0 aliphatic heterocycles. The SMILES string of the molecule is CCCc1cc(Br)cc(C(F)F)n1. The lowest BCUT2D eigenvalue weighted by atomic mass is 10.2. The van der Waals surface area contributed by atoms with Gasteiger partial charge in [-0.05, 0) is 18.6 Å². The van der Waals surface area contributed by atoms with E-state index in [-0.39, 0.29) is 5.69 Å². The first-order chi connectivity index (χ1) is 6.13. The molecule has 1 heterocycles. The summed E-state index contributed by atoms with van der Waals surface area (Å²) in [6.45, 7) is 1.99. The van der Waals surface area contributed by atoms with Crippen molar-refractivity contribution in [3.8, 4) is 0 Å². The Morgan fingerprint density at radius 3 is 2.69 bits per heavy atom. The number of aromatic nitrogens is 1. The van der Waals surface area contributed by atoms with Gasteiger partial charge >= 0.3 is 0 Å². The van der Waals surface area contributed by atoms with Crippen molar-refractivity contribution in [2.45, 2.75) is 26.2 Å². The predicted molar refractivity (Wildman–Crippen MR) is 50.9 cm³/mol. The molecule has 13 heavy (non-hydrogen) atoms. The van der Waals surface area contributed by atoms with E-state index in [2.05, 4.69) is 20.9 Å². The van der Waals surface area contributed by atoms with E-state index in [1.807, 2.05) is 6.92 Å². The average Bonchev–Trinajstić information content (AvgIpc) is 2.03. The maximum atomic E-state index is 12.3. The summed E-state index contributed by atoms with van der Waals surface area (Å²) in [5, 5.41) is 0. The van der Waals surface area contributed by atoms with Gasteiger partial charge in [0, 0.05) is 10.2 Å². The largest absolute Gasteiger partial charge is 0.280 e. The Kier molecular flexibility index (Phi) is 3.78. The molecule has 1 aromatic rings. The van der Waals surface area contributed by atoms with Gasteiger partial charge < -0.3 is 0 Å². The number of rotatable bonds is 3. The van der Waals surface area contributed by atoms with Crippen molar-refractivity contribution in [1.29, 1.82) is 0 Å². The average molecular weight is 250 g/mol. The third kappa shape index (κ3) is 3.03. The first-order valence-corrected chi connectivity index (χ1v) is 4.87. The highest BCUT2D eigenvalue weighted by molar-refractivity contribution is 9.10. The van der Waals surface area contributed by atoms with E-state index in [0.29, 0.717) is 10.2 Å². The lowest BCUT2D eigenvalue weighted by Crippen LogP contribution is -1.96. The van der Waals surface area contributed by atoms with Gasteiger partial charge in [-0.1, -0.05) is 29.3 Å². The fourth-order valence-electron chi connectivity index (χ4n) is 1.07. The van der Waals surface area contributed by atoms with E-state index in [1.165, 1.54) is 6.07 Å². The molecule has 0 spiro atoms. The Balaban J connectivity index is 2.96. The molecule has 0 saturated heterocycles. The van der Waals surface area contributed by atoms with Gasteiger partial charge in [0.25, 0.3) is 6.43 Å². The number of pyridine rings is 1. The highest BCUT2D eigenvalue weighted by Crippen LogP contribution is 2.21. The molecule has 0 atom stereocenters.